The van der Waals surface area contributed by atoms with Gasteiger partial charge in [-0.2, -0.15) is 0 Å². The highest BCUT2D eigenvalue weighted by atomic mass is 16.5. The van der Waals surface area contributed by atoms with Crippen LogP contribution >= 0.6 is 0 Å². The molecular weight excluding hydrogens is 278 g/mol. The van der Waals surface area contributed by atoms with E-state index in [1.54, 1.807) is 0 Å². The molecule has 1 aromatic rings. The van der Waals surface area contributed by atoms with Crippen molar-refractivity contribution in [2.45, 2.75) is 32.0 Å². The van der Waals surface area contributed by atoms with Gasteiger partial charge >= 0.3 is 0 Å². The van der Waals surface area contributed by atoms with Crippen molar-refractivity contribution in [3.05, 3.63) is 30.1 Å². The van der Waals surface area contributed by atoms with Gasteiger partial charge in [0.15, 0.2) is 0 Å². The van der Waals surface area contributed by atoms with Crippen molar-refractivity contribution in [2.24, 2.45) is 0 Å². The summed E-state index contributed by atoms with van der Waals surface area (Å²) in [6, 6.07) is 4.70. The fraction of sp³-hybridized carbons (Fsp3) is 0.706. The minimum absolute atomic E-state index is 0.188. The zero-order chi connectivity index (χ0) is 15.4. The zero-order valence-electron chi connectivity index (χ0n) is 13.7. The van der Waals surface area contributed by atoms with Crippen molar-refractivity contribution in [3.63, 3.8) is 0 Å². The van der Waals surface area contributed by atoms with Crippen LogP contribution in [0.4, 0.5) is 0 Å². The summed E-state index contributed by atoms with van der Waals surface area (Å²) in [5.41, 5.74) is 1.12. The molecule has 0 N–H and O–H groups in total. The first-order valence-electron chi connectivity index (χ1n) is 8.24. The van der Waals surface area contributed by atoms with Gasteiger partial charge in [0.25, 0.3) is 0 Å². The van der Waals surface area contributed by atoms with Gasteiger partial charge in [-0.05, 0) is 31.5 Å². The average molecular weight is 305 g/mol. The van der Waals surface area contributed by atoms with Gasteiger partial charge in [0.2, 0.25) is 0 Å². The molecule has 3 rings (SSSR count). The van der Waals surface area contributed by atoms with Gasteiger partial charge in [0, 0.05) is 51.2 Å². The lowest BCUT2D eigenvalue weighted by molar-refractivity contribution is -0.144. The number of morpholine rings is 1. The molecular formula is C17H27N3O2. The Hall–Kier alpha value is -1.01. The third-order valence-electron chi connectivity index (χ3n) is 4.59. The van der Waals surface area contributed by atoms with Crippen LogP contribution in [0.25, 0.3) is 0 Å². The van der Waals surface area contributed by atoms with Crippen molar-refractivity contribution >= 4 is 0 Å². The van der Waals surface area contributed by atoms with Crippen molar-refractivity contribution in [1.29, 1.82) is 0 Å². The number of hydrogen-bond donors (Lipinski definition) is 0. The largest absolute Gasteiger partial charge is 0.377 e. The molecule has 0 aromatic carbocycles. The molecule has 0 saturated carbocycles. The second-order valence-electron chi connectivity index (χ2n) is 6.71. The lowest BCUT2D eigenvalue weighted by Crippen LogP contribution is -2.59. The number of ether oxygens (including phenoxy) is 2. The van der Waals surface area contributed by atoms with E-state index in [-0.39, 0.29) is 5.60 Å². The molecule has 5 nitrogen and oxygen atoms in total. The summed E-state index contributed by atoms with van der Waals surface area (Å²) < 4.78 is 12.1. The highest BCUT2D eigenvalue weighted by Crippen LogP contribution is 2.24. The van der Waals surface area contributed by atoms with E-state index in [1.165, 1.54) is 5.56 Å². The number of hydrogen-bond acceptors (Lipinski definition) is 5. The fourth-order valence-corrected chi connectivity index (χ4v) is 3.36. The minimum atomic E-state index is -0.188. The molecule has 1 spiro atoms. The predicted molar refractivity (Wildman–Crippen MR) is 85.7 cm³/mol. The van der Waals surface area contributed by atoms with Crippen LogP contribution < -0.4 is 0 Å². The fourth-order valence-electron chi connectivity index (χ4n) is 3.36. The van der Waals surface area contributed by atoms with Crippen LogP contribution in [0.5, 0.6) is 0 Å². The summed E-state index contributed by atoms with van der Waals surface area (Å²) >= 11 is 0. The first-order chi connectivity index (χ1) is 10.7. The summed E-state index contributed by atoms with van der Waals surface area (Å²) in [6.45, 7) is 11.6. The van der Waals surface area contributed by atoms with E-state index in [9.17, 15) is 0 Å². The number of pyridine rings is 1. The summed E-state index contributed by atoms with van der Waals surface area (Å²) in [7, 11) is 0. The highest BCUT2D eigenvalue weighted by Gasteiger charge is 2.40. The van der Waals surface area contributed by atoms with E-state index in [0.717, 1.165) is 45.9 Å². The molecule has 22 heavy (non-hydrogen) atoms. The number of aromatic nitrogens is 1. The van der Waals surface area contributed by atoms with E-state index in [0.29, 0.717) is 12.6 Å². The maximum Gasteiger partial charge on any atom is 0.117 e. The first kappa shape index (κ1) is 15.9. The second-order valence-corrected chi connectivity index (χ2v) is 6.71. The van der Waals surface area contributed by atoms with Crippen LogP contribution in [-0.2, 0) is 16.0 Å². The van der Waals surface area contributed by atoms with Gasteiger partial charge in [-0.3, -0.25) is 14.8 Å². The molecule has 0 aliphatic carbocycles. The molecule has 122 valence electrons. The van der Waals surface area contributed by atoms with Gasteiger partial charge in [0.1, 0.15) is 5.60 Å². The molecule has 2 fully saturated rings. The van der Waals surface area contributed by atoms with Crippen molar-refractivity contribution in [2.75, 3.05) is 46.0 Å². The summed E-state index contributed by atoms with van der Waals surface area (Å²) in [5.74, 6) is 0. The van der Waals surface area contributed by atoms with Crippen LogP contribution in [0, 0.1) is 0 Å². The van der Waals surface area contributed by atoms with Gasteiger partial charge < -0.3 is 9.47 Å². The summed E-state index contributed by atoms with van der Waals surface area (Å²) in [6.07, 6.45) is 3.72. The Labute approximate surface area is 133 Å². The molecule has 0 amide bonds. The smallest absolute Gasteiger partial charge is 0.117 e. The summed E-state index contributed by atoms with van der Waals surface area (Å²) in [4.78, 5) is 9.05. The highest BCUT2D eigenvalue weighted by molar-refractivity contribution is 5.10. The quantitative estimate of drug-likeness (QED) is 0.844. The van der Waals surface area contributed by atoms with Crippen LogP contribution in [0.15, 0.2) is 24.5 Å². The topological polar surface area (TPSA) is 37.8 Å². The molecule has 1 atom stereocenters. The predicted octanol–water partition coefficient (Wildman–Crippen LogP) is 1.39. The van der Waals surface area contributed by atoms with Crippen LogP contribution in [0.3, 0.4) is 0 Å². The second kappa shape index (κ2) is 7.04. The van der Waals surface area contributed by atoms with Gasteiger partial charge in [0.05, 0.1) is 19.8 Å². The minimum Gasteiger partial charge on any atom is -0.377 e. The molecule has 0 bridgehead atoms. The van der Waals surface area contributed by atoms with Crippen LogP contribution in [0.2, 0.25) is 0 Å². The van der Waals surface area contributed by atoms with Crippen LogP contribution in [-0.4, -0.2) is 72.4 Å². The van der Waals surface area contributed by atoms with Crippen LogP contribution in [0.1, 0.15) is 19.4 Å². The molecule has 1 aromatic heterocycles. The summed E-state index contributed by atoms with van der Waals surface area (Å²) in [5, 5.41) is 0. The van der Waals surface area contributed by atoms with E-state index >= 15 is 0 Å². The van der Waals surface area contributed by atoms with Gasteiger partial charge in [-0.1, -0.05) is 0 Å². The molecule has 0 radical (unpaired) electrons. The van der Waals surface area contributed by atoms with Crippen molar-refractivity contribution in [3.8, 4) is 0 Å². The Bertz CT molecular complexity index is 468. The van der Waals surface area contributed by atoms with Gasteiger partial charge in [-0.25, -0.2) is 0 Å². The number of nitrogens with zero attached hydrogens (tertiary/aromatic N) is 3. The molecule has 3 heterocycles. The van der Waals surface area contributed by atoms with Gasteiger partial charge in [-0.15, -0.1) is 0 Å². The standard InChI is InChI=1S/C17H27N3O2/c1-15(2)20-8-9-21-14-17(13-20)12-19(7-10-22-17)11-16-3-5-18-6-4-16/h3-6,15H,7-14H2,1-2H3. The van der Waals surface area contributed by atoms with Crippen molar-refractivity contribution in [1.82, 2.24) is 14.8 Å². The Morgan fingerprint density at radius 2 is 2.00 bits per heavy atom. The molecule has 2 aliphatic rings. The number of rotatable bonds is 3. The lowest BCUT2D eigenvalue weighted by atomic mass is 10.0. The zero-order valence-corrected chi connectivity index (χ0v) is 13.7. The Balaban J connectivity index is 1.68. The van der Waals surface area contributed by atoms with E-state index < -0.39 is 0 Å². The normalized spacial score (nSPS) is 28.1. The molecule has 2 saturated heterocycles. The maximum absolute atomic E-state index is 6.21. The first-order valence-corrected chi connectivity index (χ1v) is 8.24. The SMILES string of the molecule is CC(C)N1CCOCC2(CN(Cc3ccncc3)CCO2)C1. The molecule has 2 aliphatic heterocycles. The van der Waals surface area contributed by atoms with E-state index in [2.05, 4.69) is 40.8 Å². The van der Waals surface area contributed by atoms with Crippen molar-refractivity contribution < 1.29 is 9.47 Å². The third-order valence-corrected chi connectivity index (χ3v) is 4.59. The van der Waals surface area contributed by atoms with E-state index in [4.69, 9.17) is 9.47 Å². The molecule has 1 unspecified atom stereocenters. The average Bonchev–Trinajstić information content (AvgIpc) is 2.71. The van der Waals surface area contributed by atoms with E-state index in [1.807, 2.05) is 12.4 Å². The third kappa shape index (κ3) is 3.84. The Morgan fingerprint density at radius 3 is 2.77 bits per heavy atom. The monoisotopic (exact) mass is 305 g/mol. The lowest BCUT2D eigenvalue weighted by Gasteiger charge is -2.44. The Morgan fingerprint density at radius 1 is 1.18 bits per heavy atom. The molecule has 5 heteroatoms. The Kier molecular flexibility index (Phi) is 5.08. The maximum atomic E-state index is 6.21.